The lowest BCUT2D eigenvalue weighted by Crippen LogP contribution is -2.27. The highest BCUT2D eigenvalue weighted by Crippen LogP contribution is 2.27. The highest BCUT2D eigenvalue weighted by molar-refractivity contribution is 7.89. The summed E-state index contributed by atoms with van der Waals surface area (Å²) in [6, 6.07) is 2.48. The molecule has 0 atom stereocenters. The minimum absolute atomic E-state index is 0.171. The topological polar surface area (TPSA) is 58.2 Å². The summed E-state index contributed by atoms with van der Waals surface area (Å²) in [5.74, 6) is 0. The summed E-state index contributed by atoms with van der Waals surface area (Å²) in [6.45, 7) is 0.670. The van der Waals surface area contributed by atoms with Crippen LogP contribution >= 0.6 is 11.3 Å². The van der Waals surface area contributed by atoms with Crippen LogP contribution in [0, 0.1) is 0 Å². The molecule has 17 heavy (non-hydrogen) atoms. The van der Waals surface area contributed by atoms with Crippen LogP contribution in [0.15, 0.2) is 16.3 Å². The molecule has 0 bridgehead atoms. The third-order valence-corrected chi connectivity index (χ3v) is 5.68. The maximum atomic E-state index is 12.1. The molecule has 4 nitrogen and oxygen atoms in total. The molecule has 94 valence electrons. The van der Waals surface area contributed by atoms with Crippen LogP contribution in [-0.4, -0.2) is 20.5 Å². The minimum atomic E-state index is -3.29. The lowest BCUT2D eigenvalue weighted by atomic mass is 10.4. The Bertz CT molecular complexity index is 501. The zero-order valence-corrected chi connectivity index (χ0v) is 11.1. The lowest BCUT2D eigenvalue weighted by molar-refractivity contribution is 0.579. The molecule has 2 aliphatic rings. The van der Waals surface area contributed by atoms with Crippen LogP contribution in [0.25, 0.3) is 0 Å². The van der Waals surface area contributed by atoms with E-state index in [2.05, 4.69) is 10.0 Å². The summed E-state index contributed by atoms with van der Waals surface area (Å²) < 4.78 is 26.9. The van der Waals surface area contributed by atoms with E-state index in [1.807, 2.05) is 5.38 Å². The maximum absolute atomic E-state index is 12.1. The quantitative estimate of drug-likeness (QED) is 0.824. The van der Waals surface area contributed by atoms with Gasteiger partial charge in [0.05, 0.1) is 4.90 Å². The fourth-order valence-electron chi connectivity index (χ4n) is 1.71. The van der Waals surface area contributed by atoms with Crippen molar-refractivity contribution in [2.24, 2.45) is 0 Å². The predicted molar refractivity (Wildman–Crippen MR) is 67.5 cm³/mol. The zero-order chi connectivity index (χ0) is 11.9. The fraction of sp³-hybridized carbons (Fsp3) is 0.636. The van der Waals surface area contributed by atoms with E-state index in [1.165, 1.54) is 24.2 Å². The summed E-state index contributed by atoms with van der Waals surface area (Å²) in [5, 5.41) is 5.21. The first kappa shape index (κ1) is 11.6. The smallest absolute Gasteiger partial charge is 0.241 e. The van der Waals surface area contributed by atoms with Crippen LogP contribution in [-0.2, 0) is 16.6 Å². The van der Waals surface area contributed by atoms with Crippen molar-refractivity contribution >= 4 is 21.4 Å². The Morgan fingerprint density at radius 3 is 2.59 bits per heavy atom. The number of thiophene rings is 1. The van der Waals surface area contributed by atoms with Gasteiger partial charge < -0.3 is 5.32 Å². The van der Waals surface area contributed by atoms with Gasteiger partial charge in [-0.15, -0.1) is 11.3 Å². The predicted octanol–water partition coefficient (Wildman–Crippen LogP) is 1.44. The Morgan fingerprint density at radius 1 is 1.24 bits per heavy atom. The van der Waals surface area contributed by atoms with Gasteiger partial charge in [-0.25, -0.2) is 13.1 Å². The zero-order valence-electron chi connectivity index (χ0n) is 9.48. The number of hydrogen-bond donors (Lipinski definition) is 2. The average molecular weight is 272 g/mol. The Morgan fingerprint density at radius 2 is 1.94 bits per heavy atom. The highest BCUT2D eigenvalue weighted by atomic mass is 32.2. The molecule has 2 N–H and O–H groups in total. The molecular weight excluding hydrogens is 256 g/mol. The number of nitrogens with one attached hydrogen (secondary N) is 2. The SMILES string of the molecule is O=S(=O)(NC1CC1)c1ccsc1CNC1CC1. The molecule has 1 heterocycles. The third kappa shape index (κ3) is 2.88. The van der Waals surface area contributed by atoms with E-state index >= 15 is 0 Å². The molecule has 0 radical (unpaired) electrons. The van der Waals surface area contributed by atoms with E-state index in [9.17, 15) is 8.42 Å². The largest absolute Gasteiger partial charge is 0.309 e. The molecule has 6 heteroatoms. The summed E-state index contributed by atoms with van der Waals surface area (Å²) in [4.78, 5) is 1.38. The second kappa shape index (κ2) is 4.35. The van der Waals surface area contributed by atoms with E-state index in [0.717, 1.165) is 17.7 Å². The Labute approximate surface area is 105 Å². The fourth-order valence-corrected chi connectivity index (χ4v) is 4.41. The molecule has 0 aliphatic heterocycles. The molecule has 0 aromatic carbocycles. The summed E-state index contributed by atoms with van der Waals surface area (Å²) in [5.41, 5.74) is 0. The molecule has 0 saturated heterocycles. The Hall–Kier alpha value is -0.430. The van der Waals surface area contributed by atoms with Gasteiger partial charge in [-0.05, 0) is 37.1 Å². The summed E-state index contributed by atoms with van der Waals surface area (Å²) in [6.07, 6.45) is 4.37. The summed E-state index contributed by atoms with van der Waals surface area (Å²) in [7, 11) is -3.29. The van der Waals surface area contributed by atoms with Gasteiger partial charge in [0.2, 0.25) is 10.0 Å². The number of rotatable bonds is 6. The molecule has 0 amide bonds. The average Bonchev–Trinajstić information content (AvgIpc) is 3.18. The van der Waals surface area contributed by atoms with Crippen molar-refractivity contribution in [1.29, 1.82) is 0 Å². The van der Waals surface area contributed by atoms with E-state index in [-0.39, 0.29) is 6.04 Å². The summed E-state index contributed by atoms with van der Waals surface area (Å²) >= 11 is 1.51. The van der Waals surface area contributed by atoms with E-state index in [0.29, 0.717) is 17.5 Å². The standard InChI is InChI=1S/C11H16N2O2S2/c14-17(15,13-9-3-4-9)11-5-6-16-10(11)7-12-8-1-2-8/h5-6,8-9,12-13H,1-4,7H2. The molecule has 1 aromatic rings. The maximum Gasteiger partial charge on any atom is 0.241 e. The monoisotopic (exact) mass is 272 g/mol. The number of hydrogen-bond acceptors (Lipinski definition) is 4. The van der Waals surface area contributed by atoms with Crippen LogP contribution in [0.4, 0.5) is 0 Å². The third-order valence-electron chi connectivity index (χ3n) is 3.02. The van der Waals surface area contributed by atoms with Gasteiger partial charge in [-0.3, -0.25) is 0 Å². The van der Waals surface area contributed by atoms with Gasteiger partial charge in [0.15, 0.2) is 0 Å². The van der Waals surface area contributed by atoms with Crippen LogP contribution < -0.4 is 10.0 Å². The van der Waals surface area contributed by atoms with Crippen molar-refractivity contribution in [2.45, 2.75) is 49.2 Å². The highest BCUT2D eigenvalue weighted by Gasteiger charge is 2.30. The first-order valence-corrected chi connectivity index (χ1v) is 8.33. The van der Waals surface area contributed by atoms with Crippen LogP contribution in [0.1, 0.15) is 30.6 Å². The normalized spacial score (nSPS) is 20.7. The molecule has 2 aliphatic carbocycles. The van der Waals surface area contributed by atoms with E-state index in [1.54, 1.807) is 6.07 Å². The van der Waals surface area contributed by atoms with Crippen molar-refractivity contribution in [2.75, 3.05) is 0 Å². The van der Waals surface area contributed by atoms with Crippen molar-refractivity contribution in [3.63, 3.8) is 0 Å². The minimum Gasteiger partial charge on any atom is -0.309 e. The second-order valence-corrected chi connectivity index (χ2v) is 7.44. The molecule has 2 fully saturated rings. The van der Waals surface area contributed by atoms with Gasteiger partial charge in [-0.2, -0.15) is 0 Å². The molecule has 1 aromatic heterocycles. The molecule has 0 spiro atoms. The second-order valence-electron chi connectivity index (χ2n) is 4.76. The van der Waals surface area contributed by atoms with E-state index < -0.39 is 10.0 Å². The van der Waals surface area contributed by atoms with E-state index in [4.69, 9.17) is 0 Å². The van der Waals surface area contributed by atoms with Gasteiger partial charge in [-0.1, -0.05) is 0 Å². The first-order chi connectivity index (χ1) is 8.15. The van der Waals surface area contributed by atoms with Gasteiger partial charge in [0, 0.05) is 23.5 Å². The van der Waals surface area contributed by atoms with Crippen molar-refractivity contribution in [3.8, 4) is 0 Å². The van der Waals surface area contributed by atoms with Gasteiger partial charge in [0.25, 0.3) is 0 Å². The Kier molecular flexibility index (Phi) is 2.98. The van der Waals surface area contributed by atoms with Crippen LogP contribution in [0.5, 0.6) is 0 Å². The van der Waals surface area contributed by atoms with Crippen molar-refractivity contribution in [1.82, 2.24) is 10.0 Å². The van der Waals surface area contributed by atoms with Gasteiger partial charge >= 0.3 is 0 Å². The van der Waals surface area contributed by atoms with Gasteiger partial charge in [0.1, 0.15) is 0 Å². The van der Waals surface area contributed by atoms with Crippen LogP contribution in [0.3, 0.4) is 0 Å². The van der Waals surface area contributed by atoms with Crippen LogP contribution in [0.2, 0.25) is 0 Å². The first-order valence-electron chi connectivity index (χ1n) is 5.97. The van der Waals surface area contributed by atoms with Crippen molar-refractivity contribution in [3.05, 3.63) is 16.3 Å². The lowest BCUT2D eigenvalue weighted by Gasteiger charge is -2.07. The van der Waals surface area contributed by atoms with Crippen molar-refractivity contribution < 1.29 is 8.42 Å². The molecular formula is C11H16N2O2S2. The molecule has 3 rings (SSSR count). The Balaban J connectivity index is 1.73. The molecule has 0 unspecified atom stereocenters. The number of sulfonamides is 1. The molecule has 2 saturated carbocycles.